The van der Waals surface area contributed by atoms with Crippen molar-refractivity contribution in [2.24, 2.45) is 0 Å². The van der Waals surface area contributed by atoms with Gasteiger partial charge in [-0.05, 0) is 44.0 Å². The van der Waals surface area contributed by atoms with Gasteiger partial charge in [-0.3, -0.25) is 4.79 Å². The van der Waals surface area contributed by atoms with Crippen molar-refractivity contribution in [2.75, 3.05) is 7.11 Å². The van der Waals surface area contributed by atoms with E-state index in [0.717, 1.165) is 17.4 Å². The molecule has 18 heavy (non-hydrogen) atoms. The van der Waals surface area contributed by atoms with Crippen LogP contribution in [0.25, 0.3) is 6.08 Å². The summed E-state index contributed by atoms with van der Waals surface area (Å²) in [6.45, 7) is 4.01. The van der Waals surface area contributed by atoms with Gasteiger partial charge in [-0.1, -0.05) is 17.7 Å². The first-order valence-corrected chi connectivity index (χ1v) is 5.73. The van der Waals surface area contributed by atoms with E-state index >= 15 is 0 Å². The molecule has 0 aliphatic carbocycles. The molecule has 1 aromatic rings. The lowest BCUT2D eigenvalue weighted by atomic mass is 10.0. The highest BCUT2D eigenvalue weighted by Gasteiger charge is 2.08. The monoisotopic (exact) mass is 246 g/mol. The van der Waals surface area contributed by atoms with Gasteiger partial charge >= 0.3 is 0 Å². The van der Waals surface area contributed by atoms with Crippen LogP contribution in [0.15, 0.2) is 29.9 Å². The van der Waals surface area contributed by atoms with Crippen LogP contribution in [-0.2, 0) is 11.2 Å². The molecule has 0 aromatic heterocycles. The molecule has 1 aromatic carbocycles. The molecular weight excluding hydrogens is 228 g/mol. The Morgan fingerprint density at radius 2 is 2.11 bits per heavy atom. The molecule has 3 heteroatoms. The van der Waals surface area contributed by atoms with Crippen molar-refractivity contribution in [1.82, 2.24) is 0 Å². The summed E-state index contributed by atoms with van der Waals surface area (Å²) >= 11 is 0. The van der Waals surface area contributed by atoms with Crippen molar-refractivity contribution in [2.45, 2.75) is 20.3 Å². The second-order valence-corrected chi connectivity index (χ2v) is 4.21. The number of carbonyl (C=O) groups excluding carboxylic acids is 1. The Bertz CT molecular complexity index is 481. The molecule has 0 heterocycles. The van der Waals surface area contributed by atoms with Gasteiger partial charge in [-0.25, -0.2) is 0 Å². The van der Waals surface area contributed by atoms with E-state index in [-0.39, 0.29) is 5.75 Å². The molecule has 3 nitrogen and oxygen atoms in total. The molecular formula is C15H18O3. The molecule has 0 unspecified atom stereocenters. The summed E-state index contributed by atoms with van der Waals surface area (Å²) in [5.41, 5.74) is 2.79. The number of benzene rings is 1. The third-order valence-electron chi connectivity index (χ3n) is 2.49. The minimum absolute atomic E-state index is 0.151. The van der Waals surface area contributed by atoms with Crippen molar-refractivity contribution < 1.29 is 14.6 Å². The number of rotatable bonds is 5. The van der Waals surface area contributed by atoms with Crippen LogP contribution in [0.1, 0.15) is 25.0 Å². The Labute approximate surface area is 107 Å². The summed E-state index contributed by atoms with van der Waals surface area (Å²) in [4.78, 5) is 10.3. The van der Waals surface area contributed by atoms with Gasteiger partial charge in [-0.15, -0.1) is 0 Å². The van der Waals surface area contributed by atoms with Crippen LogP contribution in [0, 0.1) is 0 Å². The molecule has 0 saturated heterocycles. The number of phenols is 1. The summed E-state index contributed by atoms with van der Waals surface area (Å²) in [6.07, 6.45) is 6.47. The van der Waals surface area contributed by atoms with Gasteiger partial charge < -0.3 is 9.84 Å². The lowest BCUT2D eigenvalue weighted by Gasteiger charge is -2.09. The Morgan fingerprint density at radius 3 is 2.67 bits per heavy atom. The van der Waals surface area contributed by atoms with E-state index in [0.29, 0.717) is 12.2 Å². The van der Waals surface area contributed by atoms with Crippen LogP contribution < -0.4 is 4.74 Å². The SMILES string of the molecule is COc1cc(/C=C/C=O)cc(CC=C(C)C)c1O. The second-order valence-electron chi connectivity index (χ2n) is 4.21. The number of allylic oxidation sites excluding steroid dienone is 3. The summed E-state index contributed by atoms with van der Waals surface area (Å²) < 4.78 is 5.12. The Kier molecular flexibility index (Phi) is 5.18. The molecule has 1 N–H and O–H groups in total. The third kappa shape index (κ3) is 3.77. The number of hydrogen-bond donors (Lipinski definition) is 1. The van der Waals surface area contributed by atoms with Gasteiger partial charge in [0.1, 0.15) is 6.29 Å². The van der Waals surface area contributed by atoms with Gasteiger partial charge in [0.2, 0.25) is 0 Å². The zero-order valence-electron chi connectivity index (χ0n) is 10.9. The van der Waals surface area contributed by atoms with Crippen LogP contribution >= 0.6 is 0 Å². The normalized spacial score (nSPS) is 10.4. The standard InChI is InChI=1S/C15H18O3/c1-11(2)6-7-13-9-12(5-4-8-16)10-14(18-3)15(13)17/h4-6,8-10,17H,7H2,1-3H3/b5-4+. The van der Waals surface area contributed by atoms with Crippen molar-refractivity contribution in [3.05, 3.63) is 41.0 Å². The van der Waals surface area contributed by atoms with E-state index in [4.69, 9.17) is 4.74 Å². The largest absolute Gasteiger partial charge is 0.504 e. The molecule has 0 amide bonds. The van der Waals surface area contributed by atoms with Crippen molar-refractivity contribution >= 4 is 12.4 Å². The molecule has 0 spiro atoms. The van der Waals surface area contributed by atoms with Crippen LogP contribution in [0.2, 0.25) is 0 Å². The predicted octanol–water partition coefficient (Wildman–Crippen LogP) is 3.12. The average Bonchev–Trinajstić information content (AvgIpc) is 2.35. The zero-order valence-corrected chi connectivity index (χ0v) is 10.9. The topological polar surface area (TPSA) is 46.5 Å². The van der Waals surface area contributed by atoms with Crippen LogP contribution in [0.3, 0.4) is 0 Å². The molecule has 0 atom stereocenters. The van der Waals surface area contributed by atoms with Crippen molar-refractivity contribution in [3.8, 4) is 11.5 Å². The minimum Gasteiger partial charge on any atom is -0.504 e. The van der Waals surface area contributed by atoms with Gasteiger partial charge in [-0.2, -0.15) is 0 Å². The van der Waals surface area contributed by atoms with Gasteiger partial charge in [0, 0.05) is 5.56 Å². The van der Waals surface area contributed by atoms with E-state index < -0.39 is 0 Å². The summed E-state index contributed by atoms with van der Waals surface area (Å²) in [5, 5.41) is 10.0. The maximum Gasteiger partial charge on any atom is 0.161 e. The maximum absolute atomic E-state index is 10.3. The molecule has 96 valence electrons. The van der Waals surface area contributed by atoms with Crippen molar-refractivity contribution in [3.63, 3.8) is 0 Å². The Hall–Kier alpha value is -2.03. The van der Waals surface area contributed by atoms with E-state index in [1.807, 2.05) is 26.0 Å². The molecule has 0 aliphatic rings. The summed E-state index contributed by atoms with van der Waals surface area (Å²) in [5.74, 6) is 0.568. The van der Waals surface area contributed by atoms with Crippen molar-refractivity contribution in [1.29, 1.82) is 0 Å². The molecule has 0 saturated carbocycles. The van der Waals surface area contributed by atoms with Gasteiger partial charge in [0.25, 0.3) is 0 Å². The average molecular weight is 246 g/mol. The predicted molar refractivity (Wildman–Crippen MR) is 72.9 cm³/mol. The first-order valence-electron chi connectivity index (χ1n) is 5.73. The summed E-state index contributed by atoms with van der Waals surface area (Å²) in [6, 6.07) is 3.54. The van der Waals surface area contributed by atoms with Gasteiger partial charge in [0.05, 0.1) is 7.11 Å². The highest BCUT2D eigenvalue weighted by atomic mass is 16.5. The molecule has 0 fully saturated rings. The number of phenolic OH excluding ortho intramolecular Hbond substituents is 1. The molecule has 0 radical (unpaired) electrons. The third-order valence-corrected chi connectivity index (χ3v) is 2.49. The van der Waals surface area contributed by atoms with Gasteiger partial charge in [0.15, 0.2) is 11.5 Å². The van der Waals surface area contributed by atoms with E-state index in [1.165, 1.54) is 18.8 Å². The minimum atomic E-state index is 0.151. The fourth-order valence-corrected chi connectivity index (χ4v) is 1.56. The first kappa shape index (κ1) is 14.0. The number of aromatic hydroxyl groups is 1. The number of aldehydes is 1. The lowest BCUT2D eigenvalue weighted by Crippen LogP contribution is -1.91. The second kappa shape index (κ2) is 6.64. The van der Waals surface area contributed by atoms with Crippen LogP contribution in [0.4, 0.5) is 0 Å². The highest BCUT2D eigenvalue weighted by Crippen LogP contribution is 2.32. The Balaban J connectivity index is 3.17. The fraction of sp³-hybridized carbons (Fsp3) is 0.267. The highest BCUT2D eigenvalue weighted by molar-refractivity contribution is 5.74. The molecule has 0 bridgehead atoms. The van der Waals surface area contributed by atoms with E-state index in [2.05, 4.69) is 0 Å². The Morgan fingerprint density at radius 1 is 1.39 bits per heavy atom. The zero-order chi connectivity index (χ0) is 13.5. The number of hydrogen-bond acceptors (Lipinski definition) is 3. The molecule has 0 aliphatic heterocycles. The quantitative estimate of drug-likeness (QED) is 0.493. The van der Waals surface area contributed by atoms with Crippen LogP contribution in [-0.4, -0.2) is 18.5 Å². The number of ether oxygens (including phenoxy) is 1. The van der Waals surface area contributed by atoms with E-state index in [9.17, 15) is 9.90 Å². The lowest BCUT2D eigenvalue weighted by molar-refractivity contribution is -0.104. The van der Waals surface area contributed by atoms with E-state index in [1.54, 1.807) is 12.1 Å². The molecule has 1 rings (SSSR count). The number of methoxy groups -OCH3 is 1. The summed E-state index contributed by atoms with van der Waals surface area (Å²) in [7, 11) is 1.51. The number of carbonyl (C=O) groups is 1. The smallest absolute Gasteiger partial charge is 0.161 e. The first-order chi connectivity index (χ1) is 8.58. The maximum atomic E-state index is 10.3. The van der Waals surface area contributed by atoms with Crippen LogP contribution in [0.5, 0.6) is 11.5 Å². The fourth-order valence-electron chi connectivity index (χ4n) is 1.56.